The Balaban J connectivity index is 1.85. The smallest absolute Gasteiger partial charge is 0.235 e. The molecular formula is C14H15F2N3OS. The zero-order valence-electron chi connectivity index (χ0n) is 11.5. The summed E-state index contributed by atoms with van der Waals surface area (Å²) in [6.07, 6.45) is 1.86. The summed E-state index contributed by atoms with van der Waals surface area (Å²) >= 11 is 1.13. The van der Waals surface area contributed by atoms with Crippen LogP contribution in [-0.4, -0.2) is 21.9 Å². The predicted octanol–water partition coefficient (Wildman–Crippen LogP) is 3.37. The second kappa shape index (κ2) is 7.21. The monoisotopic (exact) mass is 311 g/mol. The molecule has 0 fully saturated rings. The van der Waals surface area contributed by atoms with Gasteiger partial charge >= 0.3 is 0 Å². The molecule has 1 amide bonds. The highest BCUT2D eigenvalue weighted by Gasteiger charge is 2.08. The van der Waals surface area contributed by atoms with Crippen LogP contribution in [0.2, 0.25) is 0 Å². The van der Waals surface area contributed by atoms with Crippen LogP contribution in [0.3, 0.4) is 0 Å². The number of carbonyl (C=O) groups is 1. The van der Waals surface area contributed by atoms with Gasteiger partial charge in [0.1, 0.15) is 0 Å². The van der Waals surface area contributed by atoms with Gasteiger partial charge < -0.3 is 5.32 Å². The van der Waals surface area contributed by atoms with Crippen LogP contribution < -0.4 is 5.32 Å². The molecule has 0 radical (unpaired) electrons. The topological polar surface area (TPSA) is 57.8 Å². The molecule has 0 unspecified atom stereocenters. The summed E-state index contributed by atoms with van der Waals surface area (Å²) in [5.41, 5.74) is 0.959. The maximum atomic E-state index is 13.0. The van der Waals surface area contributed by atoms with Gasteiger partial charge in [-0.15, -0.1) is 11.8 Å². The number of amides is 1. The summed E-state index contributed by atoms with van der Waals surface area (Å²) in [6.45, 7) is 2.05. The maximum absolute atomic E-state index is 13.0. The third-order valence-electron chi connectivity index (χ3n) is 2.68. The summed E-state index contributed by atoms with van der Waals surface area (Å²) in [7, 11) is 0. The van der Waals surface area contributed by atoms with Crippen LogP contribution >= 0.6 is 11.8 Å². The Bertz CT molecular complexity index is 630. The number of nitrogens with one attached hydrogen (secondary N) is 2. The molecule has 2 N–H and O–H groups in total. The van der Waals surface area contributed by atoms with Crippen molar-refractivity contribution >= 4 is 23.5 Å². The number of hydrogen-bond donors (Lipinski definition) is 2. The van der Waals surface area contributed by atoms with Gasteiger partial charge in [-0.3, -0.25) is 9.89 Å². The van der Waals surface area contributed by atoms with Crippen LogP contribution in [0, 0.1) is 11.6 Å². The first-order valence-corrected chi connectivity index (χ1v) is 7.49. The van der Waals surface area contributed by atoms with Crippen LogP contribution in [0.15, 0.2) is 29.2 Å². The van der Waals surface area contributed by atoms with Gasteiger partial charge in [0.15, 0.2) is 17.5 Å². The van der Waals surface area contributed by atoms with Gasteiger partial charge in [-0.25, -0.2) is 8.78 Å². The minimum atomic E-state index is -0.920. The van der Waals surface area contributed by atoms with Gasteiger partial charge in [0, 0.05) is 16.7 Å². The highest BCUT2D eigenvalue weighted by molar-refractivity contribution is 8.00. The van der Waals surface area contributed by atoms with E-state index < -0.39 is 11.6 Å². The van der Waals surface area contributed by atoms with E-state index in [4.69, 9.17) is 0 Å². The molecule has 0 aliphatic heterocycles. The summed E-state index contributed by atoms with van der Waals surface area (Å²) in [5, 5.41) is 9.46. The van der Waals surface area contributed by atoms with E-state index in [-0.39, 0.29) is 11.7 Å². The van der Waals surface area contributed by atoms with Gasteiger partial charge in [-0.05, 0) is 24.6 Å². The Kier molecular flexibility index (Phi) is 5.32. The number of rotatable bonds is 6. The molecular weight excluding hydrogens is 296 g/mol. The molecule has 2 rings (SSSR count). The lowest BCUT2D eigenvalue weighted by molar-refractivity contribution is -0.113. The molecule has 1 aromatic heterocycles. The lowest BCUT2D eigenvalue weighted by Gasteiger charge is -2.02. The molecule has 0 spiro atoms. The second-order valence-corrected chi connectivity index (χ2v) is 5.49. The van der Waals surface area contributed by atoms with Gasteiger partial charge in [0.25, 0.3) is 0 Å². The van der Waals surface area contributed by atoms with Crippen molar-refractivity contribution in [1.82, 2.24) is 10.2 Å². The van der Waals surface area contributed by atoms with Crippen molar-refractivity contribution in [1.29, 1.82) is 0 Å². The van der Waals surface area contributed by atoms with E-state index in [1.807, 2.05) is 0 Å². The number of H-pyrrole nitrogens is 1. The Morgan fingerprint density at radius 3 is 2.86 bits per heavy atom. The van der Waals surface area contributed by atoms with Crippen molar-refractivity contribution in [2.45, 2.75) is 24.7 Å². The number of aromatic amines is 1. The molecule has 7 heteroatoms. The van der Waals surface area contributed by atoms with E-state index in [1.165, 1.54) is 6.07 Å². The summed E-state index contributed by atoms with van der Waals surface area (Å²) in [4.78, 5) is 12.2. The predicted molar refractivity (Wildman–Crippen MR) is 78.3 cm³/mol. The van der Waals surface area contributed by atoms with Crippen molar-refractivity contribution in [3.05, 3.63) is 41.6 Å². The lowest BCUT2D eigenvalue weighted by Crippen LogP contribution is -2.14. The minimum absolute atomic E-state index is 0.0983. The van der Waals surface area contributed by atoms with Gasteiger partial charge in [-0.2, -0.15) is 5.10 Å². The Morgan fingerprint density at radius 2 is 2.14 bits per heavy atom. The minimum Gasteiger partial charge on any atom is -0.308 e. The number of halogens is 2. The molecule has 0 saturated carbocycles. The first kappa shape index (κ1) is 15.5. The molecule has 0 saturated heterocycles. The van der Waals surface area contributed by atoms with E-state index in [0.717, 1.165) is 42.4 Å². The average Bonchev–Trinajstić information content (AvgIpc) is 2.88. The van der Waals surface area contributed by atoms with Gasteiger partial charge in [0.05, 0.1) is 5.75 Å². The molecule has 0 bridgehead atoms. The summed E-state index contributed by atoms with van der Waals surface area (Å²) < 4.78 is 25.8. The number of aryl methyl sites for hydroxylation is 1. The van der Waals surface area contributed by atoms with Crippen molar-refractivity contribution in [2.75, 3.05) is 11.1 Å². The largest absolute Gasteiger partial charge is 0.308 e. The lowest BCUT2D eigenvalue weighted by atomic mass is 10.2. The SMILES string of the molecule is CCCc1cc(NC(=O)CSc2ccc(F)c(F)c2)n[nH]1. The summed E-state index contributed by atoms with van der Waals surface area (Å²) in [6, 6.07) is 5.33. The van der Waals surface area contributed by atoms with E-state index in [0.29, 0.717) is 10.7 Å². The molecule has 1 heterocycles. The van der Waals surface area contributed by atoms with E-state index in [9.17, 15) is 13.6 Å². The Hall–Kier alpha value is -1.89. The van der Waals surface area contributed by atoms with E-state index >= 15 is 0 Å². The number of nitrogens with zero attached hydrogens (tertiary/aromatic N) is 1. The van der Waals surface area contributed by atoms with Crippen LogP contribution in [0.4, 0.5) is 14.6 Å². The standard InChI is InChI=1S/C14H15F2N3OS/c1-2-3-9-6-13(19-18-9)17-14(20)8-21-10-4-5-11(15)12(16)7-10/h4-7H,2-3,8H2,1H3,(H2,17,18,19,20). The van der Waals surface area contributed by atoms with Crippen molar-refractivity contribution in [3.8, 4) is 0 Å². The number of carbonyl (C=O) groups excluding carboxylic acids is 1. The molecule has 21 heavy (non-hydrogen) atoms. The number of benzene rings is 1. The van der Waals surface area contributed by atoms with Crippen LogP contribution in [-0.2, 0) is 11.2 Å². The van der Waals surface area contributed by atoms with Crippen LogP contribution in [0.1, 0.15) is 19.0 Å². The zero-order chi connectivity index (χ0) is 15.2. The molecule has 2 aromatic rings. The van der Waals surface area contributed by atoms with Crippen LogP contribution in [0.5, 0.6) is 0 Å². The molecule has 0 atom stereocenters. The van der Waals surface area contributed by atoms with Gasteiger partial charge in [0.2, 0.25) is 5.91 Å². The van der Waals surface area contributed by atoms with E-state index in [2.05, 4.69) is 22.4 Å². The fourth-order valence-corrected chi connectivity index (χ4v) is 2.44. The number of hydrogen-bond acceptors (Lipinski definition) is 3. The van der Waals surface area contributed by atoms with Crippen molar-refractivity contribution in [3.63, 3.8) is 0 Å². The maximum Gasteiger partial charge on any atom is 0.235 e. The molecule has 0 aliphatic carbocycles. The fraction of sp³-hybridized carbons (Fsp3) is 0.286. The van der Waals surface area contributed by atoms with E-state index in [1.54, 1.807) is 6.07 Å². The third kappa shape index (κ3) is 4.56. The van der Waals surface area contributed by atoms with Gasteiger partial charge in [-0.1, -0.05) is 13.3 Å². The Morgan fingerprint density at radius 1 is 1.33 bits per heavy atom. The quantitative estimate of drug-likeness (QED) is 0.804. The highest BCUT2D eigenvalue weighted by atomic mass is 32.2. The highest BCUT2D eigenvalue weighted by Crippen LogP contribution is 2.20. The molecule has 4 nitrogen and oxygen atoms in total. The first-order chi connectivity index (χ1) is 10.1. The van der Waals surface area contributed by atoms with Crippen molar-refractivity contribution < 1.29 is 13.6 Å². The average molecular weight is 311 g/mol. The first-order valence-electron chi connectivity index (χ1n) is 6.50. The number of aromatic nitrogens is 2. The molecule has 0 aliphatic rings. The fourth-order valence-electron chi connectivity index (χ4n) is 1.72. The Labute approximate surface area is 125 Å². The van der Waals surface area contributed by atoms with Crippen molar-refractivity contribution in [2.24, 2.45) is 0 Å². The molecule has 1 aromatic carbocycles. The normalized spacial score (nSPS) is 10.6. The van der Waals surface area contributed by atoms with Crippen LogP contribution in [0.25, 0.3) is 0 Å². The zero-order valence-corrected chi connectivity index (χ0v) is 12.3. The number of thioether (sulfide) groups is 1. The summed E-state index contributed by atoms with van der Waals surface area (Å²) in [5.74, 6) is -1.50. The third-order valence-corrected chi connectivity index (χ3v) is 3.67. The molecule has 112 valence electrons. The second-order valence-electron chi connectivity index (χ2n) is 4.44. The number of anilines is 1.